The third-order valence-electron chi connectivity index (χ3n) is 4.05. The molecule has 156 valence electrons. The Labute approximate surface area is 178 Å². The van der Waals surface area contributed by atoms with Gasteiger partial charge in [0.25, 0.3) is 5.56 Å². The Balaban J connectivity index is 1.81. The van der Waals surface area contributed by atoms with E-state index in [2.05, 4.69) is 20.5 Å². The number of anilines is 1. The minimum Gasteiger partial charge on any atom is -0.497 e. The Morgan fingerprint density at radius 3 is 2.60 bits per heavy atom. The number of hydrogen-bond donors (Lipinski definition) is 2. The van der Waals surface area contributed by atoms with Crippen molar-refractivity contribution < 1.29 is 14.2 Å². The summed E-state index contributed by atoms with van der Waals surface area (Å²) >= 11 is 6.24. The molecule has 0 aliphatic heterocycles. The zero-order chi connectivity index (χ0) is 21.5. The van der Waals surface area contributed by atoms with Crippen LogP contribution in [0.5, 0.6) is 17.2 Å². The highest BCUT2D eigenvalue weighted by Gasteiger charge is 2.11. The SMILES string of the molecule is CCOc1cc(/C=N\Nc2nc(-c3ccc(OC)cc3)cc(=O)[nH]2)cc(Cl)c1OC. The highest BCUT2D eigenvalue weighted by molar-refractivity contribution is 6.32. The van der Waals surface area contributed by atoms with Crippen molar-refractivity contribution in [3.8, 4) is 28.5 Å². The molecule has 30 heavy (non-hydrogen) atoms. The monoisotopic (exact) mass is 428 g/mol. The van der Waals surface area contributed by atoms with Gasteiger partial charge in [-0.3, -0.25) is 9.78 Å². The molecular weight excluding hydrogens is 408 g/mol. The van der Waals surface area contributed by atoms with E-state index in [9.17, 15) is 4.79 Å². The Bertz CT molecular complexity index is 1100. The summed E-state index contributed by atoms with van der Waals surface area (Å²) < 4.78 is 16.0. The van der Waals surface area contributed by atoms with Gasteiger partial charge in [-0.1, -0.05) is 11.6 Å². The second-order valence-corrected chi connectivity index (χ2v) is 6.45. The molecule has 0 unspecified atom stereocenters. The van der Waals surface area contributed by atoms with Crippen molar-refractivity contribution in [3.63, 3.8) is 0 Å². The van der Waals surface area contributed by atoms with Gasteiger partial charge in [-0.05, 0) is 48.9 Å². The van der Waals surface area contributed by atoms with E-state index in [0.717, 1.165) is 11.3 Å². The van der Waals surface area contributed by atoms with Gasteiger partial charge >= 0.3 is 0 Å². The number of halogens is 1. The summed E-state index contributed by atoms with van der Waals surface area (Å²) in [6.07, 6.45) is 1.54. The predicted octanol–water partition coefficient (Wildman–Crippen LogP) is 3.95. The van der Waals surface area contributed by atoms with Gasteiger partial charge in [-0.15, -0.1) is 0 Å². The van der Waals surface area contributed by atoms with Crippen LogP contribution in [-0.4, -0.2) is 37.0 Å². The molecule has 9 heteroatoms. The number of ether oxygens (including phenoxy) is 3. The third-order valence-corrected chi connectivity index (χ3v) is 4.33. The summed E-state index contributed by atoms with van der Waals surface area (Å²) in [5, 5.41) is 4.53. The third kappa shape index (κ3) is 5.09. The van der Waals surface area contributed by atoms with Crippen LogP contribution in [0.1, 0.15) is 12.5 Å². The molecule has 0 spiro atoms. The highest BCUT2D eigenvalue weighted by Crippen LogP contribution is 2.35. The van der Waals surface area contributed by atoms with Gasteiger partial charge in [0.05, 0.1) is 37.8 Å². The van der Waals surface area contributed by atoms with Gasteiger partial charge in [0, 0.05) is 11.6 Å². The fourth-order valence-electron chi connectivity index (χ4n) is 2.71. The Hall–Kier alpha value is -3.52. The fourth-order valence-corrected chi connectivity index (χ4v) is 3.01. The minimum absolute atomic E-state index is 0.203. The number of hydrogen-bond acceptors (Lipinski definition) is 7. The molecule has 1 aromatic heterocycles. The zero-order valence-electron chi connectivity index (χ0n) is 16.7. The summed E-state index contributed by atoms with van der Waals surface area (Å²) in [7, 11) is 3.12. The first-order valence-corrected chi connectivity index (χ1v) is 9.47. The van der Waals surface area contributed by atoms with Crippen LogP contribution in [0.2, 0.25) is 5.02 Å². The van der Waals surface area contributed by atoms with Crippen LogP contribution in [0.25, 0.3) is 11.3 Å². The van der Waals surface area contributed by atoms with E-state index in [0.29, 0.717) is 34.4 Å². The molecule has 0 saturated carbocycles. The number of benzene rings is 2. The van der Waals surface area contributed by atoms with E-state index in [4.69, 9.17) is 25.8 Å². The number of nitrogens with one attached hydrogen (secondary N) is 2. The summed E-state index contributed by atoms with van der Waals surface area (Å²) in [5.41, 5.74) is 4.39. The lowest BCUT2D eigenvalue weighted by atomic mass is 10.1. The lowest BCUT2D eigenvalue weighted by molar-refractivity contribution is 0.311. The molecule has 8 nitrogen and oxygen atoms in total. The molecule has 0 fully saturated rings. The minimum atomic E-state index is -0.306. The summed E-state index contributed by atoms with van der Waals surface area (Å²) in [5.74, 6) is 1.90. The van der Waals surface area contributed by atoms with Crippen molar-refractivity contribution in [2.45, 2.75) is 6.92 Å². The number of rotatable bonds is 8. The first-order chi connectivity index (χ1) is 14.5. The smallest absolute Gasteiger partial charge is 0.252 e. The van der Waals surface area contributed by atoms with Gasteiger partial charge < -0.3 is 14.2 Å². The van der Waals surface area contributed by atoms with Gasteiger partial charge in [0.1, 0.15) is 5.75 Å². The van der Waals surface area contributed by atoms with Crippen LogP contribution in [0.15, 0.2) is 52.4 Å². The van der Waals surface area contributed by atoms with E-state index in [-0.39, 0.29) is 11.5 Å². The van der Waals surface area contributed by atoms with E-state index < -0.39 is 0 Å². The number of methoxy groups -OCH3 is 2. The first kappa shape index (κ1) is 21.2. The second kappa shape index (κ2) is 9.80. The molecular formula is C21H21ClN4O4. The van der Waals surface area contributed by atoms with Crippen molar-refractivity contribution >= 4 is 23.8 Å². The molecule has 3 rings (SSSR count). The van der Waals surface area contributed by atoms with Crippen LogP contribution in [0, 0.1) is 0 Å². The molecule has 0 bridgehead atoms. The van der Waals surface area contributed by atoms with E-state index >= 15 is 0 Å². The first-order valence-electron chi connectivity index (χ1n) is 9.09. The predicted molar refractivity (Wildman–Crippen MR) is 117 cm³/mol. The van der Waals surface area contributed by atoms with Crippen LogP contribution in [0.4, 0.5) is 5.95 Å². The van der Waals surface area contributed by atoms with Crippen molar-refractivity contribution in [3.05, 3.63) is 63.4 Å². The molecule has 2 N–H and O–H groups in total. The Morgan fingerprint density at radius 1 is 1.17 bits per heavy atom. The number of aromatic amines is 1. The number of nitrogens with zero attached hydrogens (tertiary/aromatic N) is 2. The molecule has 0 amide bonds. The quantitative estimate of drug-likeness (QED) is 0.416. The molecule has 1 heterocycles. The van der Waals surface area contributed by atoms with Crippen LogP contribution >= 0.6 is 11.6 Å². The van der Waals surface area contributed by atoms with Gasteiger partial charge in [-0.25, -0.2) is 10.4 Å². The lowest BCUT2D eigenvalue weighted by Crippen LogP contribution is -2.10. The molecule has 0 aliphatic rings. The van der Waals surface area contributed by atoms with Crippen LogP contribution in [0.3, 0.4) is 0 Å². The Kier molecular flexibility index (Phi) is 6.92. The molecule has 0 atom stereocenters. The van der Waals surface area contributed by atoms with E-state index in [1.54, 1.807) is 31.4 Å². The topological polar surface area (TPSA) is 97.8 Å². The Morgan fingerprint density at radius 2 is 1.93 bits per heavy atom. The van der Waals surface area contributed by atoms with Gasteiger partial charge in [0.15, 0.2) is 11.5 Å². The van der Waals surface area contributed by atoms with Crippen molar-refractivity contribution in [1.82, 2.24) is 9.97 Å². The van der Waals surface area contributed by atoms with Crippen molar-refractivity contribution in [1.29, 1.82) is 0 Å². The standard InChI is InChI=1S/C21H21ClN4O4/c1-4-30-18-10-13(9-16(22)20(18)29-3)12-23-26-21-24-17(11-19(27)25-21)14-5-7-15(28-2)8-6-14/h5-12H,4H2,1-3H3,(H2,24,25,26,27)/b23-12-. The van der Waals surface area contributed by atoms with Gasteiger partial charge in [0.2, 0.25) is 5.95 Å². The number of hydrazone groups is 1. The number of aromatic nitrogens is 2. The van der Waals surface area contributed by atoms with Crippen LogP contribution < -0.4 is 25.2 Å². The highest BCUT2D eigenvalue weighted by atomic mass is 35.5. The maximum atomic E-state index is 12.0. The maximum absolute atomic E-state index is 12.0. The summed E-state index contributed by atoms with van der Waals surface area (Å²) in [6, 6.07) is 12.1. The molecule has 0 aliphatic carbocycles. The van der Waals surface area contributed by atoms with Crippen LogP contribution in [-0.2, 0) is 0 Å². The number of H-pyrrole nitrogens is 1. The summed E-state index contributed by atoms with van der Waals surface area (Å²) in [6.45, 7) is 2.34. The average Bonchev–Trinajstić information content (AvgIpc) is 2.73. The largest absolute Gasteiger partial charge is 0.497 e. The van der Waals surface area contributed by atoms with E-state index in [1.807, 2.05) is 19.1 Å². The van der Waals surface area contributed by atoms with Gasteiger partial charge in [-0.2, -0.15) is 5.10 Å². The summed E-state index contributed by atoms with van der Waals surface area (Å²) in [4.78, 5) is 19.0. The normalized spacial score (nSPS) is 10.8. The molecule has 2 aromatic carbocycles. The van der Waals surface area contributed by atoms with E-state index in [1.165, 1.54) is 19.4 Å². The van der Waals surface area contributed by atoms with Crippen molar-refractivity contribution in [2.75, 3.05) is 26.3 Å². The second-order valence-electron chi connectivity index (χ2n) is 6.04. The fraction of sp³-hybridized carbons (Fsp3) is 0.190. The lowest BCUT2D eigenvalue weighted by Gasteiger charge is -2.11. The average molecular weight is 429 g/mol. The maximum Gasteiger partial charge on any atom is 0.252 e. The van der Waals surface area contributed by atoms with Crippen molar-refractivity contribution in [2.24, 2.45) is 5.10 Å². The zero-order valence-corrected chi connectivity index (χ0v) is 17.5. The molecule has 0 radical (unpaired) electrons. The molecule has 0 saturated heterocycles. The molecule has 3 aromatic rings.